The number of ether oxygens (including phenoxy) is 2. The third-order valence-electron chi connectivity index (χ3n) is 11.8. The van der Waals surface area contributed by atoms with E-state index in [1.54, 1.807) is 18.1 Å². The number of aryl methyl sites for hydroxylation is 1. The van der Waals surface area contributed by atoms with Gasteiger partial charge in [-0.2, -0.15) is 0 Å². The number of pyridine rings is 1. The smallest absolute Gasteiger partial charge is 0.240 e. The minimum atomic E-state index is -3.81. The van der Waals surface area contributed by atoms with E-state index in [0.29, 0.717) is 54.8 Å². The molecule has 4 fully saturated rings. The first kappa shape index (κ1) is 37.5. The van der Waals surface area contributed by atoms with Gasteiger partial charge in [-0.3, -0.25) is 19.1 Å². The van der Waals surface area contributed by atoms with Crippen molar-refractivity contribution in [1.82, 2.24) is 19.6 Å². The number of hydrogen-bond donors (Lipinski definition) is 1. The van der Waals surface area contributed by atoms with Crippen LogP contribution in [0, 0.1) is 29.6 Å². The molecule has 7 rings (SSSR count). The number of ketones is 1. The number of fused-ring (bicyclic) bond motifs is 2. The van der Waals surface area contributed by atoms with E-state index < -0.39 is 38.7 Å². The number of thiazole rings is 1. The Bertz CT molecular complexity index is 2100. The quantitative estimate of drug-likeness (QED) is 0.199. The Hall–Kier alpha value is -3.84. The zero-order valence-electron chi connectivity index (χ0n) is 31.6. The van der Waals surface area contributed by atoms with Gasteiger partial charge in [0.25, 0.3) is 0 Å². The lowest BCUT2D eigenvalue weighted by atomic mass is 9.74. The molecule has 0 spiro atoms. The first-order chi connectivity index (χ1) is 25.0. The van der Waals surface area contributed by atoms with Crippen LogP contribution >= 0.6 is 11.3 Å². The Labute approximate surface area is 316 Å². The lowest BCUT2D eigenvalue weighted by Crippen LogP contribution is -2.55. The molecule has 1 aromatic carbocycles. The van der Waals surface area contributed by atoms with Crippen molar-refractivity contribution < 1.29 is 32.3 Å². The molecule has 0 radical (unpaired) electrons. The van der Waals surface area contributed by atoms with Gasteiger partial charge < -0.3 is 14.4 Å². The minimum absolute atomic E-state index is 0.0889. The van der Waals surface area contributed by atoms with Crippen LogP contribution in [0.1, 0.15) is 96.7 Å². The number of carbonyl (C=O) groups excluding carboxylic acids is 3. The number of Topliss-reactive ketones (excluding diaryl/α,β-unsaturated/α-hetero) is 1. The molecule has 6 atom stereocenters. The van der Waals surface area contributed by atoms with Gasteiger partial charge in [0, 0.05) is 41.2 Å². The largest absolute Gasteiger partial charge is 0.496 e. The van der Waals surface area contributed by atoms with Gasteiger partial charge in [0.05, 0.1) is 41.1 Å². The topological polar surface area (TPSA) is 145 Å². The molecule has 1 N–H and O–H groups in total. The Morgan fingerprint density at radius 3 is 2.49 bits per heavy atom. The molecule has 4 aliphatic rings. The molecule has 53 heavy (non-hydrogen) atoms. The van der Waals surface area contributed by atoms with Crippen LogP contribution in [0.3, 0.4) is 0 Å². The lowest BCUT2D eigenvalue weighted by molar-refractivity contribution is -0.151. The fourth-order valence-corrected chi connectivity index (χ4v) is 10.7. The van der Waals surface area contributed by atoms with E-state index in [1.807, 2.05) is 51.3 Å². The van der Waals surface area contributed by atoms with Crippen LogP contribution in [0.15, 0.2) is 36.2 Å². The van der Waals surface area contributed by atoms with Crippen LogP contribution in [0.5, 0.6) is 11.5 Å². The summed E-state index contributed by atoms with van der Waals surface area (Å²) in [6.45, 7) is 16.1. The molecule has 11 nitrogen and oxygen atoms in total. The molecule has 2 saturated carbocycles. The third-order valence-corrected chi connectivity index (χ3v) is 14.5. The highest BCUT2D eigenvalue weighted by Gasteiger charge is 2.62. The number of benzene rings is 1. The van der Waals surface area contributed by atoms with Crippen LogP contribution in [0.25, 0.3) is 21.6 Å². The van der Waals surface area contributed by atoms with E-state index in [2.05, 4.69) is 25.1 Å². The monoisotopic (exact) mass is 762 g/mol. The predicted molar refractivity (Wildman–Crippen MR) is 204 cm³/mol. The highest BCUT2D eigenvalue weighted by atomic mass is 32.2. The number of amides is 2. The second-order valence-corrected chi connectivity index (χ2v) is 19.6. The molecular formula is C40H50N4O7S2. The molecule has 0 unspecified atom stereocenters. The highest BCUT2D eigenvalue weighted by molar-refractivity contribution is 7.90. The lowest BCUT2D eigenvalue weighted by Gasteiger charge is -2.43. The second-order valence-electron chi connectivity index (χ2n) is 16.8. The van der Waals surface area contributed by atoms with Gasteiger partial charge in [-0.05, 0) is 68.4 Å². The SMILES string of the molecule is C=C[C@@H]1C[C@]1(CC(=O)[C@@H]1C[C@@H](Oc2cc(-c3nc(C(C)C)cs3)nc3c(C)c(OC)ccc23)[C@H]2CC[C@H](C(C)(C)C)C(=O)N21)C(=O)NS(=O)(=O)C1CC1. The Morgan fingerprint density at radius 1 is 1.15 bits per heavy atom. The molecule has 2 saturated heterocycles. The minimum Gasteiger partial charge on any atom is -0.496 e. The average Bonchev–Trinajstić information content (AvgIpc) is 3.99. The summed E-state index contributed by atoms with van der Waals surface area (Å²) in [6.07, 6.45) is 3.82. The maximum absolute atomic E-state index is 14.5. The molecule has 4 heterocycles. The summed E-state index contributed by atoms with van der Waals surface area (Å²) in [6, 6.07) is 4.50. The van der Waals surface area contributed by atoms with Crippen molar-refractivity contribution in [3.05, 3.63) is 47.5 Å². The number of sulfonamides is 1. The van der Waals surface area contributed by atoms with E-state index in [0.717, 1.165) is 21.7 Å². The van der Waals surface area contributed by atoms with Crippen LogP contribution in [0.4, 0.5) is 0 Å². The van der Waals surface area contributed by atoms with Gasteiger partial charge in [0.1, 0.15) is 28.3 Å². The summed E-state index contributed by atoms with van der Waals surface area (Å²) in [5, 5.41) is 3.01. The van der Waals surface area contributed by atoms with E-state index in [1.165, 1.54) is 11.3 Å². The number of nitrogens with zero attached hydrogens (tertiary/aromatic N) is 3. The fourth-order valence-electron chi connectivity index (χ4n) is 8.35. The van der Waals surface area contributed by atoms with Gasteiger partial charge in [0.2, 0.25) is 21.8 Å². The maximum Gasteiger partial charge on any atom is 0.240 e. The summed E-state index contributed by atoms with van der Waals surface area (Å²) < 4.78 is 40.4. The zero-order chi connectivity index (χ0) is 38.2. The molecule has 2 aliphatic carbocycles. The zero-order valence-corrected chi connectivity index (χ0v) is 33.2. The first-order valence-corrected chi connectivity index (χ1v) is 21.1. The molecule has 284 valence electrons. The van der Waals surface area contributed by atoms with Crippen LogP contribution in [-0.4, -0.2) is 71.4 Å². The first-order valence-electron chi connectivity index (χ1n) is 18.6. The summed E-state index contributed by atoms with van der Waals surface area (Å²) in [5.41, 5.74) is 1.66. The fraction of sp³-hybridized carbons (Fsp3) is 0.575. The second kappa shape index (κ2) is 13.5. The van der Waals surface area contributed by atoms with E-state index in [-0.39, 0.29) is 53.7 Å². The molecule has 13 heteroatoms. The van der Waals surface area contributed by atoms with Gasteiger partial charge in [-0.25, -0.2) is 18.4 Å². The number of carbonyl (C=O) groups is 3. The van der Waals surface area contributed by atoms with Crippen LogP contribution in [0.2, 0.25) is 0 Å². The average molecular weight is 763 g/mol. The maximum atomic E-state index is 14.5. The molecule has 0 bridgehead atoms. The van der Waals surface area contributed by atoms with Crippen molar-refractivity contribution in [1.29, 1.82) is 0 Å². The molecule has 2 aromatic heterocycles. The van der Waals surface area contributed by atoms with Gasteiger partial charge in [-0.15, -0.1) is 17.9 Å². The number of piperidine rings is 1. The van der Waals surface area contributed by atoms with E-state index >= 15 is 0 Å². The number of aromatic nitrogens is 2. The number of methoxy groups -OCH3 is 1. The normalized spacial score (nSPS) is 27.1. The van der Waals surface area contributed by atoms with Gasteiger partial charge in [0.15, 0.2) is 5.78 Å². The highest BCUT2D eigenvalue weighted by Crippen LogP contribution is 2.57. The number of rotatable bonds is 12. The molecule has 3 aromatic rings. The van der Waals surface area contributed by atoms with Gasteiger partial charge in [-0.1, -0.05) is 40.7 Å². The summed E-state index contributed by atoms with van der Waals surface area (Å²) in [5.74, 6) is -0.122. The van der Waals surface area contributed by atoms with Crippen LogP contribution < -0.4 is 14.2 Å². The van der Waals surface area contributed by atoms with Crippen molar-refractivity contribution in [2.75, 3.05) is 7.11 Å². The Morgan fingerprint density at radius 2 is 1.89 bits per heavy atom. The van der Waals surface area contributed by atoms with Crippen molar-refractivity contribution >= 4 is 49.9 Å². The number of nitrogens with one attached hydrogen (secondary N) is 1. The molecule has 2 amide bonds. The predicted octanol–water partition coefficient (Wildman–Crippen LogP) is 6.73. The summed E-state index contributed by atoms with van der Waals surface area (Å²) in [4.78, 5) is 54.2. The summed E-state index contributed by atoms with van der Waals surface area (Å²) >= 11 is 1.52. The Kier molecular flexibility index (Phi) is 9.53. The standard InChI is InChI=1S/C40H50N4O7S2/c1-9-23-18-40(23,38(47)43-53(48,49)24-10-11-24)19-31(45)30-17-34(29-14-13-26(39(5,6)7)37(46)44(29)30)51-33-16-27(36-42-28(20-52-36)21(2)3)41-35-22(4)32(50-8)15-12-25(33)35/h9,12,15-16,20-21,23-24,26,29-30,34H,1,10-11,13-14,17-19H2,2-8H3,(H,43,47)/t23-,26+,29-,30+,34-,40-/m1/s1. The summed E-state index contributed by atoms with van der Waals surface area (Å²) in [7, 11) is -2.19. The van der Waals surface area contributed by atoms with Crippen molar-refractivity contribution in [3.63, 3.8) is 0 Å². The Balaban J connectivity index is 1.24. The number of hydrogen-bond acceptors (Lipinski definition) is 10. The van der Waals surface area contributed by atoms with Crippen molar-refractivity contribution in [3.8, 4) is 22.2 Å². The van der Waals surface area contributed by atoms with Crippen LogP contribution in [-0.2, 0) is 24.4 Å². The van der Waals surface area contributed by atoms with Gasteiger partial charge >= 0.3 is 0 Å². The third kappa shape index (κ3) is 6.77. The van der Waals surface area contributed by atoms with E-state index in [9.17, 15) is 22.8 Å². The van der Waals surface area contributed by atoms with E-state index in [4.69, 9.17) is 19.4 Å². The van der Waals surface area contributed by atoms with Crippen molar-refractivity contribution in [2.45, 2.75) is 116 Å². The molecular weight excluding hydrogens is 713 g/mol. The number of allylic oxidation sites excluding steroid dienone is 1. The molecule has 2 aliphatic heterocycles. The van der Waals surface area contributed by atoms with Crippen molar-refractivity contribution in [2.24, 2.45) is 22.7 Å².